The molecule has 1 heterocycles. The van der Waals surface area contributed by atoms with E-state index in [1.807, 2.05) is 28.8 Å². The lowest BCUT2D eigenvalue weighted by Crippen LogP contribution is -2.33. The van der Waals surface area contributed by atoms with Gasteiger partial charge < -0.3 is 9.47 Å². The number of halogens is 3. The van der Waals surface area contributed by atoms with Crippen LogP contribution in [-0.4, -0.2) is 23.9 Å². The Hall–Kier alpha value is -3.96. The molecule has 0 unspecified atom stereocenters. The van der Waals surface area contributed by atoms with Gasteiger partial charge in [0.05, 0.1) is 17.0 Å². The number of sulfonamides is 1. The topological polar surface area (TPSA) is 98.3 Å². The number of carbonyl (C=O) groups is 1. The minimum Gasteiger partial charge on any atom is -0.337 e. The van der Waals surface area contributed by atoms with Crippen LogP contribution in [0, 0.1) is 5.92 Å². The molecular formula is C32H33F3N4O3S. The van der Waals surface area contributed by atoms with E-state index in [9.17, 15) is 26.4 Å². The van der Waals surface area contributed by atoms with Crippen LogP contribution in [0.1, 0.15) is 53.3 Å². The van der Waals surface area contributed by atoms with Crippen LogP contribution < -0.4 is 10.0 Å². The third kappa shape index (κ3) is 7.34. The summed E-state index contributed by atoms with van der Waals surface area (Å²) in [5.74, 6) is 1.53. The minimum atomic E-state index is -4.48. The normalized spacial score (nSPS) is 17.8. The van der Waals surface area contributed by atoms with Gasteiger partial charge in [-0.1, -0.05) is 36.4 Å². The summed E-state index contributed by atoms with van der Waals surface area (Å²) in [6, 6.07) is 20.0. The van der Waals surface area contributed by atoms with Crippen LogP contribution >= 0.6 is 0 Å². The summed E-state index contributed by atoms with van der Waals surface area (Å²) in [6.07, 6.45) is 4.97. The summed E-state index contributed by atoms with van der Waals surface area (Å²) in [5.41, 5.74) is 4.22. The SMILES string of the molecule is Cn1ccnc1CN(C(=O)[C@H]1C[C@@H]1c1ccccc1)c1ccc2c(c1)CCCC2.NS(=O)(=O)c1ccc(C(F)(F)F)cc1. The van der Waals surface area contributed by atoms with Crippen LogP contribution in [0.4, 0.5) is 18.9 Å². The van der Waals surface area contributed by atoms with Crippen LogP contribution in [-0.2, 0) is 47.4 Å². The van der Waals surface area contributed by atoms with E-state index in [0.717, 1.165) is 42.9 Å². The number of rotatable bonds is 6. The van der Waals surface area contributed by atoms with Gasteiger partial charge in [-0.2, -0.15) is 13.2 Å². The molecule has 0 aliphatic heterocycles. The first kappa shape index (κ1) is 30.5. The molecule has 1 fully saturated rings. The van der Waals surface area contributed by atoms with Crippen molar-refractivity contribution in [2.24, 2.45) is 18.1 Å². The fourth-order valence-corrected chi connectivity index (χ4v) is 5.96. The van der Waals surface area contributed by atoms with Gasteiger partial charge in [0.1, 0.15) is 5.82 Å². The highest BCUT2D eigenvalue weighted by Gasteiger charge is 2.46. The largest absolute Gasteiger partial charge is 0.416 e. The van der Waals surface area contributed by atoms with Crippen LogP contribution in [0.5, 0.6) is 0 Å². The number of alkyl halides is 3. The van der Waals surface area contributed by atoms with Gasteiger partial charge in [-0.05, 0) is 91.1 Å². The molecule has 1 amide bonds. The van der Waals surface area contributed by atoms with Gasteiger partial charge in [0, 0.05) is 31.0 Å². The molecular weight excluding hydrogens is 577 g/mol. The highest BCUT2D eigenvalue weighted by Crippen LogP contribution is 2.49. The summed E-state index contributed by atoms with van der Waals surface area (Å²) in [7, 11) is -1.94. The van der Waals surface area contributed by atoms with Gasteiger partial charge in [-0.25, -0.2) is 18.5 Å². The van der Waals surface area contributed by atoms with Crippen molar-refractivity contribution in [3.8, 4) is 0 Å². The lowest BCUT2D eigenvalue weighted by Gasteiger charge is -2.25. The number of anilines is 1. The monoisotopic (exact) mass is 610 g/mol. The highest BCUT2D eigenvalue weighted by atomic mass is 32.2. The van der Waals surface area contributed by atoms with E-state index in [2.05, 4.69) is 47.4 Å². The average Bonchev–Trinajstić information content (AvgIpc) is 3.70. The Balaban J connectivity index is 0.000000222. The Kier molecular flexibility index (Phi) is 8.75. The molecule has 0 spiro atoms. The maximum absolute atomic E-state index is 13.6. The average molecular weight is 611 g/mol. The summed E-state index contributed by atoms with van der Waals surface area (Å²) < 4.78 is 59.5. The number of hydrogen-bond acceptors (Lipinski definition) is 4. The van der Waals surface area contributed by atoms with Gasteiger partial charge in [0.15, 0.2) is 0 Å². The van der Waals surface area contributed by atoms with Crippen LogP contribution in [0.25, 0.3) is 0 Å². The van der Waals surface area contributed by atoms with Crippen LogP contribution in [0.2, 0.25) is 0 Å². The van der Waals surface area contributed by atoms with Gasteiger partial charge in [0.25, 0.3) is 0 Å². The number of aryl methyl sites for hydroxylation is 3. The van der Waals surface area contributed by atoms with Crippen molar-refractivity contribution in [3.05, 3.63) is 113 Å². The number of nitrogens with two attached hydrogens (primary N) is 1. The molecule has 2 N–H and O–H groups in total. The molecule has 1 aromatic heterocycles. The highest BCUT2D eigenvalue weighted by molar-refractivity contribution is 7.89. The number of imidazole rings is 1. The zero-order valence-corrected chi connectivity index (χ0v) is 24.5. The zero-order chi connectivity index (χ0) is 30.8. The predicted molar refractivity (Wildman–Crippen MR) is 158 cm³/mol. The maximum atomic E-state index is 13.6. The molecule has 11 heteroatoms. The van der Waals surface area contributed by atoms with E-state index < -0.39 is 21.8 Å². The molecule has 2 aliphatic carbocycles. The molecule has 0 saturated heterocycles. The Morgan fingerprint density at radius 3 is 2.28 bits per heavy atom. The van der Waals surface area contributed by atoms with Gasteiger partial charge in [0.2, 0.25) is 15.9 Å². The van der Waals surface area contributed by atoms with Gasteiger partial charge in [-0.15, -0.1) is 0 Å². The third-order valence-electron chi connectivity index (χ3n) is 7.98. The molecule has 2 aliphatic rings. The fraction of sp³-hybridized carbons (Fsp3) is 0.312. The Bertz CT molecular complexity index is 1690. The van der Waals surface area contributed by atoms with Crippen molar-refractivity contribution in [2.75, 3.05) is 4.90 Å². The third-order valence-corrected chi connectivity index (χ3v) is 8.91. The van der Waals surface area contributed by atoms with E-state index >= 15 is 0 Å². The number of primary sulfonamides is 1. The molecule has 7 nitrogen and oxygen atoms in total. The predicted octanol–water partition coefficient (Wildman–Crippen LogP) is 5.99. The Morgan fingerprint density at radius 2 is 1.67 bits per heavy atom. The number of carbonyl (C=O) groups excluding carboxylic acids is 1. The lowest BCUT2D eigenvalue weighted by molar-refractivity contribution is -0.137. The van der Waals surface area contributed by atoms with Crippen LogP contribution in [0.15, 0.2) is 90.1 Å². The zero-order valence-electron chi connectivity index (χ0n) is 23.7. The Labute approximate surface area is 249 Å². The number of fused-ring (bicyclic) bond motifs is 1. The van der Waals surface area contributed by atoms with E-state index in [1.165, 1.54) is 29.5 Å². The second kappa shape index (κ2) is 12.3. The van der Waals surface area contributed by atoms with E-state index in [4.69, 9.17) is 5.14 Å². The minimum absolute atomic E-state index is 0.0636. The fourth-order valence-electron chi connectivity index (χ4n) is 5.44. The molecule has 6 rings (SSSR count). The molecule has 4 aromatic rings. The first-order valence-electron chi connectivity index (χ1n) is 14.1. The van der Waals surface area contributed by atoms with E-state index in [0.29, 0.717) is 24.6 Å². The standard InChI is InChI=1S/C25H27N3O.C7H6F3NO2S/c1-27-14-13-26-24(27)17-28(21-12-11-18-7-5-6-10-20(18)15-21)25(29)23-16-22(23)19-8-3-2-4-9-19;8-7(9,10)5-1-3-6(4-2-5)14(11,12)13/h2-4,8-9,11-15,22-23H,5-7,10,16-17H2,1H3;1-4H,(H2,11,12,13)/t22-,23+;/m1./s1. The molecule has 0 bridgehead atoms. The van der Waals surface area contributed by atoms with E-state index in [1.54, 1.807) is 6.20 Å². The van der Waals surface area contributed by atoms with Crippen molar-refractivity contribution < 1.29 is 26.4 Å². The van der Waals surface area contributed by atoms with Crippen molar-refractivity contribution in [1.82, 2.24) is 9.55 Å². The second-order valence-corrected chi connectivity index (χ2v) is 12.5. The molecule has 3 aromatic carbocycles. The van der Waals surface area contributed by atoms with E-state index in [-0.39, 0.29) is 16.7 Å². The molecule has 0 radical (unpaired) electrons. The summed E-state index contributed by atoms with van der Waals surface area (Å²) in [5, 5.41) is 4.71. The second-order valence-electron chi connectivity index (χ2n) is 11.0. The maximum Gasteiger partial charge on any atom is 0.416 e. The molecule has 43 heavy (non-hydrogen) atoms. The number of nitrogens with zero attached hydrogens (tertiary/aromatic N) is 3. The summed E-state index contributed by atoms with van der Waals surface area (Å²) in [4.78, 5) is 19.7. The number of hydrogen-bond donors (Lipinski definition) is 1. The van der Waals surface area contributed by atoms with Gasteiger partial charge >= 0.3 is 6.18 Å². The molecule has 1 saturated carbocycles. The molecule has 226 valence electrons. The number of amides is 1. The van der Waals surface area contributed by atoms with Crippen molar-refractivity contribution in [3.63, 3.8) is 0 Å². The van der Waals surface area contributed by atoms with Crippen molar-refractivity contribution in [2.45, 2.75) is 55.6 Å². The Morgan fingerprint density at radius 1 is 1.00 bits per heavy atom. The number of aromatic nitrogens is 2. The lowest BCUT2D eigenvalue weighted by atomic mass is 9.91. The van der Waals surface area contributed by atoms with Crippen LogP contribution in [0.3, 0.4) is 0 Å². The number of benzene rings is 3. The molecule has 2 atom stereocenters. The van der Waals surface area contributed by atoms with Crippen molar-refractivity contribution >= 4 is 21.6 Å². The summed E-state index contributed by atoms with van der Waals surface area (Å²) in [6.45, 7) is 0.513. The quantitative estimate of drug-likeness (QED) is 0.290. The van der Waals surface area contributed by atoms with Crippen molar-refractivity contribution in [1.29, 1.82) is 0 Å². The van der Waals surface area contributed by atoms with Gasteiger partial charge in [-0.3, -0.25) is 4.79 Å². The first-order chi connectivity index (χ1) is 20.4. The summed E-state index contributed by atoms with van der Waals surface area (Å²) >= 11 is 0. The smallest absolute Gasteiger partial charge is 0.337 e. The first-order valence-corrected chi connectivity index (χ1v) is 15.6.